The van der Waals surface area contributed by atoms with Gasteiger partial charge in [-0.2, -0.15) is 0 Å². The second-order valence-corrected chi connectivity index (χ2v) is 11.5. The van der Waals surface area contributed by atoms with Gasteiger partial charge >= 0.3 is 0 Å². The minimum Gasteiger partial charge on any atom is -0.456 e. The molecule has 0 aliphatic rings. The average molecular weight is 585 g/mol. The van der Waals surface area contributed by atoms with Crippen LogP contribution in [0.3, 0.4) is 0 Å². The molecule has 0 saturated heterocycles. The van der Waals surface area contributed by atoms with Gasteiger partial charge in [-0.05, 0) is 75.5 Å². The highest BCUT2D eigenvalue weighted by Gasteiger charge is 2.24. The van der Waals surface area contributed by atoms with Crippen LogP contribution in [0.2, 0.25) is 0 Å². The molecule has 0 amide bonds. The van der Waals surface area contributed by atoms with Crippen molar-refractivity contribution in [2.75, 3.05) is 10.6 Å². The monoisotopic (exact) mass is 584 g/mol. The summed E-state index contributed by atoms with van der Waals surface area (Å²) < 4.78 is 6.33. The van der Waals surface area contributed by atoms with Crippen molar-refractivity contribution in [2.24, 2.45) is 0 Å². The van der Waals surface area contributed by atoms with Crippen LogP contribution in [-0.4, -0.2) is 0 Å². The lowest BCUT2D eigenvalue weighted by atomic mass is 9.99. The number of nitrogens with zero attached hydrogens (tertiary/aromatic N) is 1. The van der Waals surface area contributed by atoms with E-state index < -0.39 is 0 Å². The molecule has 3 nitrogen and oxygen atoms in total. The Hall–Kier alpha value is -5.45. The van der Waals surface area contributed by atoms with E-state index in [2.05, 4.69) is 126 Å². The van der Waals surface area contributed by atoms with Crippen molar-refractivity contribution in [3.8, 4) is 22.3 Å². The zero-order valence-corrected chi connectivity index (χ0v) is 24.7. The fourth-order valence-electron chi connectivity index (χ4n) is 6.13. The third-order valence-corrected chi connectivity index (χ3v) is 8.67. The third-order valence-electron chi connectivity index (χ3n) is 8.30. The number of hydrogen-bond donors (Lipinski definition) is 2. The number of para-hydroxylation sites is 1. The Kier molecular flexibility index (Phi) is 6.36. The van der Waals surface area contributed by atoms with E-state index in [9.17, 15) is 0 Å². The molecule has 1 heterocycles. The number of anilines is 4. The van der Waals surface area contributed by atoms with Crippen LogP contribution in [0.25, 0.3) is 55.0 Å². The van der Waals surface area contributed by atoms with Gasteiger partial charge in [0.1, 0.15) is 11.2 Å². The van der Waals surface area contributed by atoms with Crippen molar-refractivity contribution < 1.29 is 4.42 Å². The zero-order valence-electron chi connectivity index (χ0n) is 23.8. The molecule has 2 N–H and O–H groups in total. The minimum atomic E-state index is 0.593. The van der Waals surface area contributed by atoms with Gasteiger partial charge < -0.3 is 15.1 Å². The molecule has 1 aromatic heterocycles. The van der Waals surface area contributed by atoms with Crippen molar-refractivity contribution in [1.82, 2.24) is 0 Å². The molecular formula is C40H28N2OS. The Morgan fingerprint density at radius 3 is 2.00 bits per heavy atom. The van der Waals surface area contributed by atoms with Crippen LogP contribution < -0.4 is 10.6 Å². The Balaban J connectivity index is 1.36. The lowest BCUT2D eigenvalue weighted by molar-refractivity contribution is 0.668. The van der Waals surface area contributed by atoms with Gasteiger partial charge in [-0.15, -0.1) is 12.6 Å². The Bertz CT molecular complexity index is 2310. The number of fused-ring (bicyclic) bond motifs is 4. The second-order valence-electron chi connectivity index (χ2n) is 11.0. The molecular weight excluding hydrogens is 557 g/mol. The van der Waals surface area contributed by atoms with Gasteiger partial charge in [0.05, 0.1) is 16.8 Å². The van der Waals surface area contributed by atoms with Gasteiger partial charge in [0.2, 0.25) is 0 Å². The van der Waals surface area contributed by atoms with Crippen LogP contribution in [0.1, 0.15) is 0 Å². The van der Waals surface area contributed by atoms with E-state index >= 15 is 0 Å². The predicted octanol–water partition coefficient (Wildman–Crippen LogP) is 11.4. The Morgan fingerprint density at radius 1 is 0.500 bits per heavy atom. The highest BCUT2D eigenvalue weighted by Crippen LogP contribution is 2.48. The predicted molar refractivity (Wildman–Crippen MR) is 188 cm³/mol. The molecule has 8 rings (SSSR count). The summed E-state index contributed by atoms with van der Waals surface area (Å²) in [5, 5.41) is 4.40. The number of rotatable bonds is 5. The molecule has 0 radical (unpaired) electrons. The number of nitrogen functional groups attached to an aromatic ring is 1. The van der Waals surface area contributed by atoms with Crippen molar-refractivity contribution in [2.45, 2.75) is 4.90 Å². The first-order valence-corrected chi connectivity index (χ1v) is 15.1. The van der Waals surface area contributed by atoms with E-state index in [1.54, 1.807) is 0 Å². The Morgan fingerprint density at radius 2 is 1.16 bits per heavy atom. The van der Waals surface area contributed by atoms with Crippen LogP contribution >= 0.6 is 12.6 Å². The number of benzene rings is 7. The highest BCUT2D eigenvalue weighted by atomic mass is 32.1. The van der Waals surface area contributed by atoms with Crippen molar-refractivity contribution >= 4 is 68.1 Å². The molecule has 0 unspecified atom stereocenters. The molecule has 44 heavy (non-hydrogen) atoms. The van der Waals surface area contributed by atoms with Crippen LogP contribution in [-0.2, 0) is 0 Å². The van der Waals surface area contributed by atoms with Crippen LogP contribution in [0.5, 0.6) is 0 Å². The van der Waals surface area contributed by atoms with Gasteiger partial charge in [0, 0.05) is 21.7 Å². The van der Waals surface area contributed by atoms with Gasteiger partial charge in [0.25, 0.3) is 0 Å². The van der Waals surface area contributed by atoms with Crippen LogP contribution in [0.4, 0.5) is 22.7 Å². The summed E-state index contributed by atoms with van der Waals surface area (Å²) in [6.07, 6.45) is 0. The summed E-state index contributed by atoms with van der Waals surface area (Å²) >= 11 is 4.81. The summed E-state index contributed by atoms with van der Waals surface area (Å²) in [6.45, 7) is 0. The molecule has 0 aliphatic carbocycles. The number of furan rings is 1. The van der Waals surface area contributed by atoms with Crippen molar-refractivity contribution in [3.63, 3.8) is 0 Å². The molecule has 0 bridgehead atoms. The molecule has 0 atom stereocenters. The number of nitrogens with two attached hydrogens (primary N) is 1. The fraction of sp³-hybridized carbons (Fsp3) is 0. The quantitative estimate of drug-likeness (QED) is 0.156. The molecule has 0 aliphatic heterocycles. The normalized spacial score (nSPS) is 11.4. The SMILES string of the molecule is Nc1c(S)cc2oc3ccccc3c2c1N(c1ccc(-c2ccccc2)cc1)c1cccc(-c2ccc3ccccc3c2)c1. The maximum Gasteiger partial charge on any atom is 0.138 e. The van der Waals surface area contributed by atoms with E-state index in [0.717, 1.165) is 55.7 Å². The first-order chi connectivity index (χ1) is 21.6. The number of hydrogen-bond acceptors (Lipinski definition) is 4. The van der Waals surface area contributed by atoms with Gasteiger partial charge in [-0.1, -0.05) is 109 Å². The summed E-state index contributed by atoms with van der Waals surface area (Å²) in [6, 6.07) is 52.8. The largest absolute Gasteiger partial charge is 0.456 e. The van der Waals surface area contributed by atoms with Crippen molar-refractivity contribution in [3.05, 3.63) is 152 Å². The summed E-state index contributed by atoms with van der Waals surface area (Å²) in [5.74, 6) is 0. The Labute approximate surface area is 261 Å². The zero-order chi connectivity index (χ0) is 29.6. The lowest BCUT2D eigenvalue weighted by Crippen LogP contribution is -2.13. The van der Waals surface area contributed by atoms with Crippen molar-refractivity contribution in [1.29, 1.82) is 0 Å². The molecule has 0 spiro atoms. The fourth-order valence-corrected chi connectivity index (χ4v) is 6.36. The van der Waals surface area contributed by atoms with E-state index in [0.29, 0.717) is 10.6 Å². The third kappa shape index (κ3) is 4.48. The first-order valence-electron chi connectivity index (χ1n) is 14.6. The molecule has 0 saturated carbocycles. The minimum absolute atomic E-state index is 0.593. The van der Waals surface area contributed by atoms with Gasteiger partial charge in [0.15, 0.2) is 0 Å². The van der Waals surface area contributed by atoms with Crippen LogP contribution in [0.15, 0.2) is 161 Å². The molecule has 8 aromatic rings. The molecule has 4 heteroatoms. The lowest BCUT2D eigenvalue weighted by Gasteiger charge is -2.28. The maximum atomic E-state index is 6.95. The molecule has 210 valence electrons. The van der Waals surface area contributed by atoms with E-state index in [-0.39, 0.29) is 0 Å². The van der Waals surface area contributed by atoms with Crippen LogP contribution in [0, 0.1) is 0 Å². The molecule has 7 aromatic carbocycles. The summed E-state index contributed by atoms with van der Waals surface area (Å²) in [4.78, 5) is 2.90. The average Bonchev–Trinajstić information content (AvgIpc) is 3.45. The molecule has 0 fully saturated rings. The standard InChI is InChI=1S/C40H28N2OS/c41-39-37(44)25-36-38(34-15-6-7-16-35(34)43-36)40(39)42(32-21-19-28(20-22-32)26-9-2-1-3-10-26)33-14-8-13-30(24-33)31-18-17-27-11-4-5-12-29(27)23-31/h1-25,44H,41H2. The summed E-state index contributed by atoms with van der Waals surface area (Å²) in [7, 11) is 0. The van der Waals surface area contributed by atoms with E-state index in [1.165, 1.54) is 16.3 Å². The van der Waals surface area contributed by atoms with Gasteiger partial charge in [-0.25, -0.2) is 0 Å². The summed E-state index contributed by atoms with van der Waals surface area (Å²) in [5.41, 5.74) is 16.5. The maximum absolute atomic E-state index is 6.95. The highest BCUT2D eigenvalue weighted by molar-refractivity contribution is 7.80. The number of thiol groups is 1. The topological polar surface area (TPSA) is 42.4 Å². The smallest absolute Gasteiger partial charge is 0.138 e. The first kappa shape index (κ1) is 26.2. The van der Waals surface area contributed by atoms with Gasteiger partial charge in [-0.3, -0.25) is 0 Å². The van der Waals surface area contributed by atoms with E-state index in [4.69, 9.17) is 22.8 Å². The second kappa shape index (κ2) is 10.7. The van der Waals surface area contributed by atoms with E-state index in [1.807, 2.05) is 30.3 Å².